The summed E-state index contributed by atoms with van der Waals surface area (Å²) in [4.78, 5) is 15.1. The largest absolute Gasteiger partial charge is 0.309 e. The smallest absolute Gasteiger partial charge is 0.164 e. The molecule has 1 aliphatic rings. The SMILES string of the molecule is CC1(C)c2ccccc2C(c2ccccc2)c2cc3c4cc(-c5nc(-c6ccccc6)nc(-c6ccccc6)n5)ccc4n(-c4ccccc4)c3cc21. The Morgan fingerprint density at radius 2 is 0.962 bits per heavy atom. The number of rotatable bonds is 5. The molecule has 0 fully saturated rings. The Hall–Kier alpha value is -6.65. The van der Waals surface area contributed by atoms with Crippen LogP contribution in [-0.2, 0) is 5.41 Å². The molecule has 0 saturated carbocycles. The molecule has 0 amide bonds. The fourth-order valence-electron chi connectivity index (χ4n) is 8.43. The first-order chi connectivity index (χ1) is 26.0. The van der Waals surface area contributed by atoms with E-state index in [1.54, 1.807) is 0 Å². The minimum absolute atomic E-state index is 0.114. The lowest BCUT2D eigenvalue weighted by molar-refractivity contribution is 0.598. The van der Waals surface area contributed by atoms with E-state index < -0.39 is 0 Å². The highest BCUT2D eigenvalue weighted by Gasteiger charge is 2.38. The summed E-state index contributed by atoms with van der Waals surface area (Å²) in [5.74, 6) is 2.07. The van der Waals surface area contributed by atoms with E-state index in [9.17, 15) is 0 Å². The summed E-state index contributed by atoms with van der Waals surface area (Å²) in [6.45, 7) is 4.75. The van der Waals surface area contributed by atoms with E-state index >= 15 is 0 Å². The minimum atomic E-state index is -0.193. The van der Waals surface area contributed by atoms with Crippen LogP contribution in [0.4, 0.5) is 0 Å². The molecule has 1 atom stereocenters. The Morgan fingerprint density at radius 1 is 0.434 bits per heavy atom. The molecule has 0 radical (unpaired) electrons. The van der Waals surface area contributed by atoms with Gasteiger partial charge in [0.1, 0.15) is 0 Å². The van der Waals surface area contributed by atoms with Crippen molar-refractivity contribution in [1.82, 2.24) is 19.5 Å². The van der Waals surface area contributed by atoms with Gasteiger partial charge in [0.2, 0.25) is 0 Å². The van der Waals surface area contributed by atoms with Crippen molar-refractivity contribution in [1.29, 1.82) is 0 Å². The second-order valence-electron chi connectivity index (χ2n) is 14.5. The molecule has 4 nitrogen and oxygen atoms in total. The lowest BCUT2D eigenvalue weighted by Gasteiger charge is -2.40. The molecule has 0 aliphatic heterocycles. The highest BCUT2D eigenvalue weighted by atomic mass is 15.0. The summed E-state index contributed by atoms with van der Waals surface area (Å²) in [6, 6.07) is 62.6. The zero-order chi connectivity index (χ0) is 35.5. The fourth-order valence-corrected chi connectivity index (χ4v) is 8.43. The van der Waals surface area contributed by atoms with Gasteiger partial charge in [-0.05, 0) is 70.3 Å². The van der Waals surface area contributed by atoms with Crippen molar-refractivity contribution in [3.8, 4) is 39.9 Å². The lowest BCUT2D eigenvalue weighted by atomic mass is 9.63. The maximum atomic E-state index is 5.09. The zero-order valence-corrected chi connectivity index (χ0v) is 29.6. The molecule has 0 N–H and O–H groups in total. The Morgan fingerprint density at radius 3 is 1.60 bits per heavy atom. The molecule has 53 heavy (non-hydrogen) atoms. The van der Waals surface area contributed by atoms with Crippen LogP contribution in [0.5, 0.6) is 0 Å². The van der Waals surface area contributed by atoms with Crippen molar-refractivity contribution in [3.05, 3.63) is 204 Å². The third kappa shape index (κ3) is 5.09. The van der Waals surface area contributed by atoms with Crippen molar-refractivity contribution in [2.75, 3.05) is 0 Å². The van der Waals surface area contributed by atoms with Gasteiger partial charge in [-0.1, -0.05) is 147 Å². The first-order valence-corrected chi connectivity index (χ1v) is 18.2. The van der Waals surface area contributed by atoms with Gasteiger partial charge in [0, 0.05) is 44.5 Å². The lowest BCUT2D eigenvalue weighted by Crippen LogP contribution is -2.29. The summed E-state index contributed by atoms with van der Waals surface area (Å²) in [5, 5.41) is 2.37. The van der Waals surface area contributed by atoms with E-state index in [1.165, 1.54) is 38.7 Å². The molecule has 2 heterocycles. The van der Waals surface area contributed by atoms with Crippen molar-refractivity contribution < 1.29 is 0 Å². The van der Waals surface area contributed by atoms with Gasteiger partial charge in [-0.3, -0.25) is 0 Å². The number of para-hydroxylation sites is 1. The molecule has 1 aliphatic carbocycles. The van der Waals surface area contributed by atoms with Crippen molar-refractivity contribution in [3.63, 3.8) is 0 Å². The molecule has 0 spiro atoms. The summed E-state index contributed by atoms with van der Waals surface area (Å²) < 4.78 is 2.42. The fraction of sp³-hybridized carbons (Fsp3) is 0.0816. The van der Waals surface area contributed by atoms with Crippen LogP contribution in [0.25, 0.3) is 61.7 Å². The third-order valence-corrected chi connectivity index (χ3v) is 11.0. The molecule has 252 valence electrons. The second-order valence-corrected chi connectivity index (χ2v) is 14.5. The molecule has 2 aromatic heterocycles. The third-order valence-electron chi connectivity index (χ3n) is 11.0. The minimum Gasteiger partial charge on any atom is -0.309 e. The summed E-state index contributed by atoms with van der Waals surface area (Å²) >= 11 is 0. The normalized spacial score (nSPS) is 14.6. The first kappa shape index (κ1) is 31.1. The summed E-state index contributed by atoms with van der Waals surface area (Å²) in [6.07, 6.45) is 0. The maximum Gasteiger partial charge on any atom is 0.164 e. The number of hydrogen-bond acceptors (Lipinski definition) is 3. The zero-order valence-electron chi connectivity index (χ0n) is 29.6. The average Bonchev–Trinajstić information content (AvgIpc) is 3.54. The summed E-state index contributed by atoms with van der Waals surface area (Å²) in [7, 11) is 0. The molecule has 9 aromatic rings. The van der Waals surface area contributed by atoms with Gasteiger partial charge >= 0.3 is 0 Å². The Bertz CT molecular complexity index is 2730. The predicted octanol–water partition coefficient (Wildman–Crippen LogP) is 11.8. The number of benzene rings is 7. The predicted molar refractivity (Wildman–Crippen MR) is 216 cm³/mol. The van der Waals surface area contributed by atoms with Crippen LogP contribution in [0, 0.1) is 0 Å². The van der Waals surface area contributed by atoms with E-state index in [0.29, 0.717) is 17.5 Å². The Kier molecular flexibility index (Phi) is 7.19. The van der Waals surface area contributed by atoms with Crippen LogP contribution in [-0.4, -0.2) is 19.5 Å². The van der Waals surface area contributed by atoms with Crippen molar-refractivity contribution in [2.24, 2.45) is 0 Å². The van der Waals surface area contributed by atoms with Gasteiger partial charge in [-0.2, -0.15) is 0 Å². The first-order valence-electron chi connectivity index (χ1n) is 18.2. The van der Waals surface area contributed by atoms with E-state index in [2.05, 4.69) is 158 Å². The van der Waals surface area contributed by atoms with Crippen LogP contribution in [0.2, 0.25) is 0 Å². The molecule has 7 aromatic carbocycles. The number of hydrogen-bond donors (Lipinski definition) is 0. The van der Waals surface area contributed by atoms with Gasteiger partial charge in [0.25, 0.3) is 0 Å². The van der Waals surface area contributed by atoms with Gasteiger partial charge in [-0.25, -0.2) is 15.0 Å². The van der Waals surface area contributed by atoms with Crippen LogP contribution < -0.4 is 0 Å². The molecule has 0 saturated heterocycles. The van der Waals surface area contributed by atoms with Gasteiger partial charge in [0.05, 0.1) is 11.0 Å². The van der Waals surface area contributed by atoms with E-state index in [-0.39, 0.29) is 11.3 Å². The van der Waals surface area contributed by atoms with Gasteiger partial charge < -0.3 is 4.57 Å². The molecule has 4 heteroatoms. The Balaban J connectivity index is 1.26. The van der Waals surface area contributed by atoms with E-state index in [4.69, 9.17) is 15.0 Å². The standard InChI is InChI=1S/C49H36N4/c1-49(2)41-26-16-15-25-37(41)45(32-17-7-3-8-18-32)40-30-39-38-29-35(27-28-43(38)53(44(39)31-42(40)49)36-23-13-6-14-24-36)48-51-46(33-19-9-4-10-20-33)50-47(52-48)34-21-11-5-12-22-34/h3-31,45H,1-2H3. The number of nitrogens with zero attached hydrogens (tertiary/aromatic N) is 4. The van der Waals surface area contributed by atoms with Gasteiger partial charge in [-0.15, -0.1) is 0 Å². The quantitative estimate of drug-likeness (QED) is 0.182. The average molecular weight is 681 g/mol. The molecular formula is C49H36N4. The van der Waals surface area contributed by atoms with E-state index in [1.807, 2.05) is 36.4 Å². The highest BCUT2D eigenvalue weighted by Crippen LogP contribution is 2.51. The molecule has 10 rings (SSSR count). The maximum absolute atomic E-state index is 5.09. The van der Waals surface area contributed by atoms with Crippen molar-refractivity contribution in [2.45, 2.75) is 25.2 Å². The Labute approximate surface area is 309 Å². The van der Waals surface area contributed by atoms with Crippen LogP contribution >= 0.6 is 0 Å². The molecular weight excluding hydrogens is 645 g/mol. The molecule has 0 bridgehead atoms. The van der Waals surface area contributed by atoms with E-state index in [0.717, 1.165) is 33.3 Å². The monoisotopic (exact) mass is 680 g/mol. The van der Waals surface area contributed by atoms with Gasteiger partial charge in [0.15, 0.2) is 17.5 Å². The van der Waals surface area contributed by atoms with Crippen LogP contribution in [0.15, 0.2) is 176 Å². The highest BCUT2D eigenvalue weighted by molar-refractivity contribution is 6.11. The van der Waals surface area contributed by atoms with Crippen LogP contribution in [0.3, 0.4) is 0 Å². The number of fused-ring (bicyclic) bond motifs is 5. The topological polar surface area (TPSA) is 43.6 Å². The molecule has 1 unspecified atom stereocenters. The van der Waals surface area contributed by atoms with Crippen molar-refractivity contribution >= 4 is 21.8 Å². The number of aromatic nitrogens is 4. The summed E-state index contributed by atoms with van der Waals surface area (Å²) in [5.41, 5.74) is 12.9. The second kappa shape index (κ2) is 12.2. The van der Waals surface area contributed by atoms with Crippen LogP contribution in [0.1, 0.15) is 47.6 Å².